The van der Waals surface area contributed by atoms with Crippen molar-refractivity contribution in [2.75, 3.05) is 6.54 Å². The number of aliphatic imine (C=N–C) groups is 1. The number of alkyl halides is 3. The normalized spacial score (nSPS) is 13.8. The van der Waals surface area contributed by atoms with E-state index in [1.165, 1.54) is 17.9 Å². The van der Waals surface area contributed by atoms with E-state index in [-0.39, 0.29) is 5.56 Å². The summed E-state index contributed by atoms with van der Waals surface area (Å²) in [7, 11) is 1.50. The lowest BCUT2D eigenvalue weighted by Crippen LogP contribution is -2.11. The van der Waals surface area contributed by atoms with Gasteiger partial charge in [-0.05, 0) is 40.8 Å². The molecule has 0 saturated heterocycles. The summed E-state index contributed by atoms with van der Waals surface area (Å²) in [6.07, 6.45) is 4.44. The average Bonchev–Trinajstić information content (AvgIpc) is 3.23. The van der Waals surface area contributed by atoms with Gasteiger partial charge >= 0.3 is 6.18 Å². The Hall–Kier alpha value is -2.90. The number of aromatic nitrogens is 4. The van der Waals surface area contributed by atoms with E-state index in [2.05, 4.69) is 15.1 Å². The first-order chi connectivity index (χ1) is 12.4. The Morgan fingerprint density at radius 3 is 2.77 bits per heavy atom. The smallest absolute Gasteiger partial charge is 0.333 e. The predicted molar refractivity (Wildman–Crippen MR) is 91.1 cm³/mol. The van der Waals surface area contributed by atoms with Crippen LogP contribution in [0.4, 0.5) is 13.2 Å². The van der Waals surface area contributed by atoms with Gasteiger partial charge in [-0.25, -0.2) is 4.98 Å². The van der Waals surface area contributed by atoms with Crippen LogP contribution >= 0.6 is 0 Å². The molecule has 0 N–H and O–H groups in total. The van der Waals surface area contributed by atoms with Gasteiger partial charge < -0.3 is 4.57 Å². The molecule has 0 saturated carbocycles. The van der Waals surface area contributed by atoms with Gasteiger partial charge in [0, 0.05) is 50.5 Å². The SMILES string of the molecule is Cn1cc(-c2cc(Cn3ccnc3)cc3c2CCN=C3)c(C(F)(F)F)n1. The predicted octanol–water partition coefficient (Wildman–Crippen LogP) is 3.33. The van der Waals surface area contributed by atoms with Crippen molar-refractivity contribution in [3.63, 3.8) is 0 Å². The third-order valence-electron chi connectivity index (χ3n) is 4.38. The molecule has 1 aromatic carbocycles. The second-order valence-corrected chi connectivity index (χ2v) is 6.29. The zero-order chi connectivity index (χ0) is 18.3. The summed E-state index contributed by atoms with van der Waals surface area (Å²) in [5, 5.41) is 3.66. The van der Waals surface area contributed by atoms with E-state index in [4.69, 9.17) is 0 Å². The highest BCUT2D eigenvalue weighted by molar-refractivity contribution is 5.88. The van der Waals surface area contributed by atoms with E-state index >= 15 is 0 Å². The molecule has 3 heterocycles. The topological polar surface area (TPSA) is 48.0 Å². The van der Waals surface area contributed by atoms with E-state index in [0.717, 1.165) is 16.7 Å². The molecule has 26 heavy (non-hydrogen) atoms. The van der Waals surface area contributed by atoms with Crippen LogP contribution in [0, 0.1) is 0 Å². The molecule has 3 aromatic rings. The van der Waals surface area contributed by atoms with Crippen LogP contribution in [-0.2, 0) is 26.2 Å². The number of hydrogen-bond acceptors (Lipinski definition) is 3. The van der Waals surface area contributed by atoms with E-state index in [1.807, 2.05) is 22.9 Å². The molecule has 2 aromatic heterocycles. The largest absolute Gasteiger partial charge is 0.435 e. The van der Waals surface area contributed by atoms with Crippen molar-refractivity contribution in [1.82, 2.24) is 19.3 Å². The zero-order valence-corrected chi connectivity index (χ0v) is 14.0. The standard InChI is InChI=1S/C18H16F3N5/c1-25-10-16(17(24-25)18(19,20)21)15-7-12(9-26-5-4-23-11-26)6-13-8-22-3-2-14(13)15/h4-8,10-11H,2-3,9H2,1H3. The molecule has 1 aliphatic rings. The van der Waals surface area contributed by atoms with Crippen LogP contribution in [0.2, 0.25) is 0 Å². The van der Waals surface area contributed by atoms with Crippen molar-refractivity contribution < 1.29 is 13.2 Å². The molecule has 0 spiro atoms. The number of rotatable bonds is 3. The second kappa shape index (κ2) is 6.12. The van der Waals surface area contributed by atoms with Crippen molar-refractivity contribution in [2.45, 2.75) is 19.1 Å². The fraction of sp³-hybridized carbons (Fsp3) is 0.278. The van der Waals surface area contributed by atoms with Crippen molar-refractivity contribution in [1.29, 1.82) is 0 Å². The van der Waals surface area contributed by atoms with Gasteiger partial charge in [-0.1, -0.05) is 0 Å². The van der Waals surface area contributed by atoms with Gasteiger partial charge in [-0.3, -0.25) is 9.67 Å². The Balaban J connectivity index is 1.89. The fourth-order valence-electron chi connectivity index (χ4n) is 3.31. The number of aryl methyl sites for hydroxylation is 1. The first kappa shape index (κ1) is 16.6. The van der Waals surface area contributed by atoms with Gasteiger partial charge in [0.05, 0.1) is 6.33 Å². The minimum Gasteiger partial charge on any atom is -0.333 e. The van der Waals surface area contributed by atoms with E-state index < -0.39 is 11.9 Å². The summed E-state index contributed by atoms with van der Waals surface area (Å²) in [6, 6.07) is 3.80. The Morgan fingerprint density at radius 2 is 2.04 bits per heavy atom. The average molecular weight is 359 g/mol. The van der Waals surface area contributed by atoms with Crippen LogP contribution < -0.4 is 0 Å². The van der Waals surface area contributed by atoms with Crippen molar-refractivity contribution in [3.8, 4) is 11.1 Å². The van der Waals surface area contributed by atoms with Crippen LogP contribution in [0.1, 0.15) is 22.4 Å². The monoisotopic (exact) mass is 359 g/mol. The molecular weight excluding hydrogens is 343 g/mol. The van der Waals surface area contributed by atoms with Gasteiger partial charge in [-0.2, -0.15) is 18.3 Å². The van der Waals surface area contributed by atoms with Gasteiger partial charge in [0.2, 0.25) is 0 Å². The molecule has 4 rings (SSSR count). The van der Waals surface area contributed by atoms with Crippen molar-refractivity contribution >= 4 is 6.21 Å². The Bertz CT molecular complexity index is 968. The van der Waals surface area contributed by atoms with Gasteiger partial charge in [0.1, 0.15) is 0 Å². The molecule has 0 aliphatic carbocycles. The van der Waals surface area contributed by atoms with E-state index in [9.17, 15) is 13.2 Å². The first-order valence-corrected chi connectivity index (χ1v) is 8.14. The lowest BCUT2D eigenvalue weighted by Gasteiger charge is -2.18. The van der Waals surface area contributed by atoms with Crippen LogP contribution in [0.5, 0.6) is 0 Å². The number of benzene rings is 1. The van der Waals surface area contributed by atoms with Crippen LogP contribution in [-0.4, -0.2) is 32.1 Å². The molecule has 0 amide bonds. The molecule has 5 nitrogen and oxygen atoms in total. The maximum Gasteiger partial charge on any atom is 0.435 e. The molecule has 1 aliphatic heterocycles. The lowest BCUT2D eigenvalue weighted by atomic mass is 9.90. The van der Waals surface area contributed by atoms with Crippen molar-refractivity contribution in [2.24, 2.45) is 12.0 Å². The summed E-state index contributed by atoms with van der Waals surface area (Å²) >= 11 is 0. The van der Waals surface area contributed by atoms with Crippen LogP contribution in [0.25, 0.3) is 11.1 Å². The second-order valence-electron chi connectivity index (χ2n) is 6.29. The quantitative estimate of drug-likeness (QED) is 0.720. The van der Waals surface area contributed by atoms with Gasteiger partial charge in [0.25, 0.3) is 0 Å². The molecule has 134 valence electrons. The zero-order valence-electron chi connectivity index (χ0n) is 14.0. The number of nitrogens with zero attached hydrogens (tertiary/aromatic N) is 5. The molecule has 0 atom stereocenters. The fourth-order valence-corrected chi connectivity index (χ4v) is 3.31. The summed E-state index contributed by atoms with van der Waals surface area (Å²) in [5.41, 5.74) is 2.46. The molecule has 0 bridgehead atoms. The Kier molecular flexibility index (Phi) is 3.90. The summed E-state index contributed by atoms with van der Waals surface area (Å²) in [6.45, 7) is 1.10. The minimum absolute atomic E-state index is 0.110. The number of imidazole rings is 1. The van der Waals surface area contributed by atoms with Crippen LogP contribution in [0.15, 0.2) is 42.0 Å². The number of hydrogen-bond donors (Lipinski definition) is 0. The molecule has 0 radical (unpaired) electrons. The molecular formula is C18H16F3N5. The van der Waals surface area contributed by atoms with Crippen molar-refractivity contribution in [3.05, 3.63) is 59.4 Å². The third kappa shape index (κ3) is 3.02. The maximum absolute atomic E-state index is 13.5. The Labute approximate surface area is 147 Å². The summed E-state index contributed by atoms with van der Waals surface area (Å²) in [4.78, 5) is 8.29. The number of halogens is 3. The highest BCUT2D eigenvalue weighted by atomic mass is 19.4. The molecule has 0 unspecified atom stereocenters. The summed E-state index contributed by atoms with van der Waals surface area (Å²) < 4.78 is 43.5. The first-order valence-electron chi connectivity index (χ1n) is 8.14. The maximum atomic E-state index is 13.5. The third-order valence-corrected chi connectivity index (χ3v) is 4.38. The Morgan fingerprint density at radius 1 is 1.19 bits per heavy atom. The minimum atomic E-state index is -4.51. The molecule has 0 fully saturated rings. The summed E-state index contributed by atoms with van der Waals surface area (Å²) in [5.74, 6) is 0. The molecule has 8 heteroatoms. The highest BCUT2D eigenvalue weighted by Gasteiger charge is 2.38. The number of fused-ring (bicyclic) bond motifs is 1. The highest BCUT2D eigenvalue weighted by Crippen LogP contribution is 2.39. The van der Waals surface area contributed by atoms with Crippen LogP contribution in [0.3, 0.4) is 0 Å². The lowest BCUT2D eigenvalue weighted by molar-refractivity contribution is -0.140. The van der Waals surface area contributed by atoms with E-state index in [0.29, 0.717) is 25.1 Å². The van der Waals surface area contributed by atoms with Gasteiger partial charge in [-0.15, -0.1) is 0 Å². The van der Waals surface area contributed by atoms with E-state index in [1.54, 1.807) is 18.7 Å². The van der Waals surface area contributed by atoms with Gasteiger partial charge in [0.15, 0.2) is 5.69 Å².